The van der Waals surface area contributed by atoms with Crippen molar-refractivity contribution in [3.63, 3.8) is 0 Å². The first-order chi connectivity index (χ1) is 11.1. The van der Waals surface area contributed by atoms with Crippen LogP contribution in [0.15, 0.2) is 18.2 Å². The van der Waals surface area contributed by atoms with Gasteiger partial charge < -0.3 is 15.9 Å². The molecule has 2 aliphatic carbocycles. The van der Waals surface area contributed by atoms with Crippen LogP contribution in [0.4, 0.5) is 0 Å². The number of Topliss-reactive ketones (excluding diaryl/α,β-unsaturated/α-hetero) is 1. The smallest absolute Gasteiger partial charge is 0.166 e. The van der Waals surface area contributed by atoms with Crippen molar-refractivity contribution in [1.29, 1.82) is 0 Å². The molecular formula is C20H29NO3. The number of nitrogens with two attached hydrogens (primary N) is 1. The van der Waals surface area contributed by atoms with E-state index in [2.05, 4.69) is 20.8 Å². The fourth-order valence-electron chi connectivity index (χ4n) is 5.49. The second-order valence-corrected chi connectivity index (χ2v) is 8.79. The number of benzene rings is 1. The van der Waals surface area contributed by atoms with Crippen LogP contribution < -0.4 is 5.73 Å². The molecule has 2 fully saturated rings. The highest BCUT2D eigenvalue weighted by Crippen LogP contribution is 2.60. The molecule has 0 bridgehead atoms. The Bertz CT molecular complexity index is 634. The Morgan fingerprint density at radius 1 is 1.08 bits per heavy atom. The number of ketones is 1. The zero-order valence-corrected chi connectivity index (χ0v) is 14.9. The van der Waals surface area contributed by atoms with Gasteiger partial charge in [0.2, 0.25) is 0 Å². The van der Waals surface area contributed by atoms with Gasteiger partial charge in [-0.25, -0.2) is 0 Å². The maximum Gasteiger partial charge on any atom is 0.166 e. The van der Waals surface area contributed by atoms with Gasteiger partial charge in [0.15, 0.2) is 5.78 Å². The Morgan fingerprint density at radius 2 is 1.71 bits per heavy atom. The van der Waals surface area contributed by atoms with Gasteiger partial charge in [-0.1, -0.05) is 27.2 Å². The highest BCUT2D eigenvalue weighted by molar-refractivity contribution is 5.99. The van der Waals surface area contributed by atoms with Crippen LogP contribution >= 0.6 is 0 Å². The van der Waals surface area contributed by atoms with Crippen molar-refractivity contribution in [2.75, 3.05) is 0 Å². The van der Waals surface area contributed by atoms with Gasteiger partial charge in [0.25, 0.3) is 0 Å². The molecule has 24 heavy (non-hydrogen) atoms. The second kappa shape index (κ2) is 5.76. The van der Waals surface area contributed by atoms with Gasteiger partial charge in [-0.05, 0) is 54.6 Å². The third kappa shape index (κ3) is 2.81. The number of carbonyl (C=O) groups is 1. The Balaban J connectivity index is 2.00. The highest BCUT2D eigenvalue weighted by atomic mass is 16.3. The summed E-state index contributed by atoms with van der Waals surface area (Å²) in [4.78, 5) is 13.2. The summed E-state index contributed by atoms with van der Waals surface area (Å²) in [6, 6.07) is 4.18. The van der Waals surface area contributed by atoms with Crippen LogP contribution in [-0.4, -0.2) is 22.0 Å². The fourth-order valence-corrected chi connectivity index (χ4v) is 5.49. The van der Waals surface area contributed by atoms with Crippen molar-refractivity contribution >= 4 is 5.78 Å². The summed E-state index contributed by atoms with van der Waals surface area (Å²) in [7, 11) is 0. The third-order valence-electron chi connectivity index (χ3n) is 6.65. The quantitative estimate of drug-likeness (QED) is 0.719. The molecule has 4 unspecified atom stereocenters. The van der Waals surface area contributed by atoms with Crippen LogP contribution in [0, 0.1) is 22.7 Å². The topological polar surface area (TPSA) is 83.5 Å². The summed E-state index contributed by atoms with van der Waals surface area (Å²) < 4.78 is 0. The predicted octanol–water partition coefficient (Wildman–Crippen LogP) is 3.85. The molecule has 4 nitrogen and oxygen atoms in total. The number of carbonyl (C=O) groups excluding carboxylic acids is 1. The number of phenols is 2. The molecule has 0 radical (unpaired) electrons. The van der Waals surface area contributed by atoms with E-state index in [1.165, 1.54) is 24.6 Å². The van der Waals surface area contributed by atoms with Crippen molar-refractivity contribution in [3.8, 4) is 11.5 Å². The van der Waals surface area contributed by atoms with E-state index < -0.39 is 0 Å². The minimum absolute atomic E-state index is 0.00144. The Hall–Kier alpha value is -1.55. The van der Waals surface area contributed by atoms with Crippen molar-refractivity contribution in [2.45, 2.75) is 58.9 Å². The minimum atomic E-state index is -0.160. The molecule has 2 aliphatic rings. The number of rotatable bonds is 2. The first-order valence-corrected chi connectivity index (χ1v) is 8.96. The van der Waals surface area contributed by atoms with Gasteiger partial charge in [0.05, 0.1) is 0 Å². The van der Waals surface area contributed by atoms with E-state index in [-0.39, 0.29) is 40.1 Å². The predicted molar refractivity (Wildman–Crippen MR) is 94.0 cm³/mol. The monoisotopic (exact) mass is 331 g/mol. The van der Waals surface area contributed by atoms with E-state index in [1.807, 2.05) is 0 Å². The van der Waals surface area contributed by atoms with E-state index >= 15 is 0 Å². The highest BCUT2D eigenvalue weighted by Gasteiger charge is 2.55. The molecule has 3 rings (SSSR count). The molecular weight excluding hydrogens is 302 g/mol. The van der Waals surface area contributed by atoms with Gasteiger partial charge in [-0.3, -0.25) is 4.79 Å². The second-order valence-electron chi connectivity index (χ2n) is 8.79. The van der Waals surface area contributed by atoms with Crippen LogP contribution in [0.2, 0.25) is 0 Å². The standard InChI is InChI=1S/C20H29NO3/c1-19(2)5-4-6-20(3)16(9-13(21)10-17(19)20)18(24)12-7-14(22)11-15(23)8-12/h7-8,11,13,16-17,22-23H,4-6,9-10,21H2,1-3H3. The zero-order chi connectivity index (χ0) is 17.7. The van der Waals surface area contributed by atoms with E-state index in [9.17, 15) is 15.0 Å². The lowest BCUT2D eigenvalue weighted by Crippen LogP contribution is -2.55. The van der Waals surface area contributed by atoms with Crippen LogP contribution in [0.1, 0.15) is 63.2 Å². The molecule has 0 amide bonds. The molecule has 2 saturated carbocycles. The first kappa shape index (κ1) is 17.3. The van der Waals surface area contributed by atoms with Crippen molar-refractivity contribution in [1.82, 2.24) is 0 Å². The zero-order valence-electron chi connectivity index (χ0n) is 14.9. The largest absolute Gasteiger partial charge is 0.508 e. The summed E-state index contributed by atoms with van der Waals surface area (Å²) in [6.07, 6.45) is 4.99. The average molecular weight is 331 g/mol. The van der Waals surface area contributed by atoms with Crippen molar-refractivity contribution < 1.29 is 15.0 Å². The van der Waals surface area contributed by atoms with E-state index in [0.29, 0.717) is 17.9 Å². The molecule has 1 aromatic rings. The number of fused-ring (bicyclic) bond motifs is 1. The lowest BCUT2D eigenvalue weighted by Gasteiger charge is -2.58. The summed E-state index contributed by atoms with van der Waals surface area (Å²) in [6.45, 7) is 6.85. The third-order valence-corrected chi connectivity index (χ3v) is 6.65. The molecule has 0 aliphatic heterocycles. The fraction of sp³-hybridized carbons (Fsp3) is 0.650. The average Bonchev–Trinajstić information content (AvgIpc) is 2.46. The molecule has 4 N–H and O–H groups in total. The van der Waals surface area contributed by atoms with Crippen LogP contribution in [0.5, 0.6) is 11.5 Å². The molecule has 4 heteroatoms. The summed E-state index contributed by atoms with van der Waals surface area (Å²) in [5.41, 5.74) is 6.83. The maximum absolute atomic E-state index is 13.2. The van der Waals surface area contributed by atoms with E-state index in [0.717, 1.165) is 19.3 Å². The number of phenolic OH excluding ortho intramolecular Hbond substituents is 2. The molecule has 0 saturated heterocycles. The lowest BCUT2D eigenvalue weighted by atomic mass is 9.47. The van der Waals surface area contributed by atoms with Crippen molar-refractivity contribution in [3.05, 3.63) is 23.8 Å². The number of hydrogen-bond acceptors (Lipinski definition) is 4. The van der Waals surface area contributed by atoms with Gasteiger partial charge in [-0.2, -0.15) is 0 Å². The summed E-state index contributed by atoms with van der Waals surface area (Å²) >= 11 is 0. The summed E-state index contributed by atoms with van der Waals surface area (Å²) in [5.74, 6) is 0.101. The van der Waals surface area contributed by atoms with Crippen LogP contribution in [-0.2, 0) is 0 Å². The van der Waals surface area contributed by atoms with Gasteiger partial charge >= 0.3 is 0 Å². The SMILES string of the molecule is CC1(C)CCCC2(C)C(C(=O)c3cc(O)cc(O)c3)CC(N)CC12. The van der Waals surface area contributed by atoms with Crippen molar-refractivity contribution in [2.24, 2.45) is 28.4 Å². The van der Waals surface area contributed by atoms with Crippen LogP contribution in [0.3, 0.4) is 0 Å². The van der Waals surface area contributed by atoms with Gasteiger partial charge in [0, 0.05) is 23.6 Å². The molecule has 0 spiro atoms. The molecule has 132 valence electrons. The summed E-state index contributed by atoms with van der Waals surface area (Å²) in [5, 5.41) is 19.5. The molecule has 1 aromatic carbocycles. The molecule has 0 aromatic heterocycles. The van der Waals surface area contributed by atoms with Crippen LogP contribution in [0.25, 0.3) is 0 Å². The number of aromatic hydroxyl groups is 2. The normalized spacial score (nSPS) is 35.2. The molecule has 4 atom stereocenters. The van der Waals surface area contributed by atoms with Gasteiger partial charge in [0.1, 0.15) is 11.5 Å². The Kier molecular flexibility index (Phi) is 4.15. The van der Waals surface area contributed by atoms with Gasteiger partial charge in [-0.15, -0.1) is 0 Å². The Labute approximate surface area is 144 Å². The number of hydrogen-bond donors (Lipinski definition) is 3. The van der Waals surface area contributed by atoms with E-state index in [4.69, 9.17) is 5.73 Å². The maximum atomic E-state index is 13.2. The Morgan fingerprint density at radius 3 is 2.33 bits per heavy atom. The van der Waals surface area contributed by atoms with E-state index in [1.54, 1.807) is 0 Å². The lowest BCUT2D eigenvalue weighted by molar-refractivity contribution is -0.0668. The minimum Gasteiger partial charge on any atom is -0.508 e. The first-order valence-electron chi connectivity index (χ1n) is 8.96. The molecule has 0 heterocycles.